The van der Waals surface area contributed by atoms with Crippen molar-refractivity contribution in [3.63, 3.8) is 0 Å². The summed E-state index contributed by atoms with van der Waals surface area (Å²) in [6.45, 7) is 2.40. The van der Waals surface area contributed by atoms with Crippen LogP contribution in [0, 0.1) is 6.92 Å². The lowest BCUT2D eigenvalue weighted by atomic mass is 10.1. The number of hydrogen-bond donors (Lipinski definition) is 2. The molecule has 1 saturated heterocycles. The van der Waals surface area contributed by atoms with Crippen LogP contribution in [0.1, 0.15) is 28.8 Å². The molecule has 0 bridgehead atoms. The van der Waals surface area contributed by atoms with E-state index >= 15 is 0 Å². The molecule has 2 amide bonds. The molecule has 1 fully saturated rings. The van der Waals surface area contributed by atoms with E-state index in [0.717, 1.165) is 29.0 Å². The van der Waals surface area contributed by atoms with Crippen molar-refractivity contribution in [3.05, 3.63) is 58.6 Å². The van der Waals surface area contributed by atoms with Gasteiger partial charge in [0, 0.05) is 18.2 Å². The van der Waals surface area contributed by atoms with Gasteiger partial charge in [-0.3, -0.25) is 13.9 Å². The fourth-order valence-corrected chi connectivity index (χ4v) is 4.38. The molecule has 2 N–H and O–H groups in total. The number of ether oxygens (including phenoxy) is 1. The molecule has 0 aliphatic carbocycles. The van der Waals surface area contributed by atoms with Crippen LogP contribution in [-0.4, -0.2) is 52.3 Å². The van der Waals surface area contributed by atoms with Crippen LogP contribution in [0.3, 0.4) is 0 Å². The van der Waals surface area contributed by atoms with Crippen molar-refractivity contribution >= 4 is 44.8 Å². The third-order valence-corrected chi connectivity index (χ3v) is 6.64. The van der Waals surface area contributed by atoms with Crippen LogP contribution in [0.5, 0.6) is 0 Å². The normalized spacial score (nSPS) is 15.9. The average molecular weight is 480 g/mol. The van der Waals surface area contributed by atoms with E-state index < -0.39 is 22.5 Å². The second-order valence-corrected chi connectivity index (χ2v) is 9.96. The Morgan fingerprint density at radius 2 is 1.97 bits per heavy atom. The number of anilines is 2. The summed E-state index contributed by atoms with van der Waals surface area (Å²) in [5.41, 5.74) is 1.64. The van der Waals surface area contributed by atoms with E-state index in [9.17, 15) is 18.0 Å². The van der Waals surface area contributed by atoms with E-state index in [0.29, 0.717) is 18.2 Å². The zero-order valence-electron chi connectivity index (χ0n) is 17.9. The molecule has 172 valence electrons. The van der Waals surface area contributed by atoms with Gasteiger partial charge in [0.05, 0.1) is 29.3 Å². The van der Waals surface area contributed by atoms with Gasteiger partial charge in [0.1, 0.15) is 6.54 Å². The van der Waals surface area contributed by atoms with Crippen molar-refractivity contribution in [2.45, 2.75) is 25.9 Å². The summed E-state index contributed by atoms with van der Waals surface area (Å²) in [6.07, 6.45) is 2.87. The summed E-state index contributed by atoms with van der Waals surface area (Å²) < 4.78 is 31.1. The smallest absolute Gasteiger partial charge is 0.253 e. The fourth-order valence-electron chi connectivity index (χ4n) is 3.35. The molecule has 1 heterocycles. The number of aryl methyl sites for hydroxylation is 1. The Labute approximate surface area is 192 Å². The van der Waals surface area contributed by atoms with Gasteiger partial charge in [0.25, 0.3) is 5.91 Å². The minimum Gasteiger partial charge on any atom is -0.376 e. The molecule has 8 nitrogen and oxygen atoms in total. The first-order chi connectivity index (χ1) is 15.1. The van der Waals surface area contributed by atoms with Crippen LogP contribution < -0.4 is 14.9 Å². The Balaban J connectivity index is 1.72. The zero-order chi connectivity index (χ0) is 23.3. The Bertz CT molecular complexity index is 1100. The monoisotopic (exact) mass is 479 g/mol. The summed E-state index contributed by atoms with van der Waals surface area (Å²) in [6, 6.07) is 11.3. The van der Waals surface area contributed by atoms with Crippen LogP contribution in [-0.2, 0) is 19.6 Å². The van der Waals surface area contributed by atoms with Crippen LogP contribution in [0.25, 0.3) is 0 Å². The summed E-state index contributed by atoms with van der Waals surface area (Å²) in [5.74, 6) is -0.937. The lowest BCUT2D eigenvalue weighted by Gasteiger charge is -2.22. The maximum Gasteiger partial charge on any atom is 0.253 e. The standard InChI is InChI=1S/C22H26ClN3O5S/c1-15-9-10-16(12-19(15)23)26(32(2,29)30)14-21(27)25-20-8-4-3-7-18(20)22(28)24-13-17-6-5-11-31-17/h3-4,7-10,12,17H,5-6,11,13-14H2,1-2H3,(H,24,28)(H,25,27)/t17-/m0/s1. The second-order valence-electron chi connectivity index (χ2n) is 7.64. The van der Waals surface area contributed by atoms with Gasteiger partial charge in [-0.2, -0.15) is 0 Å². The number of nitrogens with one attached hydrogen (secondary N) is 2. The molecule has 0 spiro atoms. The number of amides is 2. The number of carbonyl (C=O) groups excluding carboxylic acids is 2. The van der Waals surface area contributed by atoms with Crippen molar-refractivity contribution in [1.29, 1.82) is 0 Å². The van der Waals surface area contributed by atoms with Crippen molar-refractivity contribution in [2.75, 3.05) is 35.6 Å². The molecule has 10 heteroatoms. The maximum atomic E-state index is 12.7. The summed E-state index contributed by atoms with van der Waals surface area (Å²) in [7, 11) is -3.76. The van der Waals surface area contributed by atoms with Crippen molar-refractivity contribution in [3.8, 4) is 0 Å². The minimum absolute atomic E-state index is 0.00893. The minimum atomic E-state index is -3.76. The highest BCUT2D eigenvalue weighted by Gasteiger charge is 2.23. The highest BCUT2D eigenvalue weighted by atomic mass is 35.5. The van der Waals surface area contributed by atoms with Gasteiger partial charge >= 0.3 is 0 Å². The molecule has 2 aromatic carbocycles. The summed E-state index contributed by atoms with van der Waals surface area (Å²) in [4.78, 5) is 25.4. The van der Waals surface area contributed by atoms with Crippen molar-refractivity contribution in [2.24, 2.45) is 0 Å². The van der Waals surface area contributed by atoms with Crippen LogP contribution in [0.2, 0.25) is 5.02 Å². The van der Waals surface area contributed by atoms with Crippen molar-refractivity contribution < 1.29 is 22.7 Å². The number of rotatable bonds is 8. The SMILES string of the molecule is Cc1ccc(N(CC(=O)Nc2ccccc2C(=O)NC[C@@H]2CCCO2)S(C)(=O)=O)cc1Cl. The lowest BCUT2D eigenvalue weighted by Crippen LogP contribution is -2.38. The third kappa shape index (κ3) is 6.21. The molecule has 0 saturated carbocycles. The Kier molecular flexibility index (Phi) is 7.76. The number of hydrogen-bond acceptors (Lipinski definition) is 5. The summed E-state index contributed by atoms with van der Waals surface area (Å²) in [5, 5.41) is 5.86. The average Bonchev–Trinajstić information content (AvgIpc) is 3.26. The highest BCUT2D eigenvalue weighted by molar-refractivity contribution is 7.92. The first kappa shape index (κ1) is 24.0. The second kappa shape index (κ2) is 10.3. The van der Waals surface area contributed by atoms with Crippen LogP contribution in [0.15, 0.2) is 42.5 Å². The molecule has 0 radical (unpaired) electrons. The molecule has 32 heavy (non-hydrogen) atoms. The largest absolute Gasteiger partial charge is 0.376 e. The van der Waals surface area contributed by atoms with E-state index in [1.165, 1.54) is 6.07 Å². The molecule has 2 aromatic rings. The molecule has 0 aromatic heterocycles. The molecule has 1 aliphatic rings. The molecular formula is C22H26ClN3O5S. The topological polar surface area (TPSA) is 105 Å². The highest BCUT2D eigenvalue weighted by Crippen LogP contribution is 2.25. The molecular weight excluding hydrogens is 454 g/mol. The predicted molar refractivity (Wildman–Crippen MR) is 125 cm³/mol. The van der Waals surface area contributed by atoms with Gasteiger partial charge in [0.15, 0.2) is 0 Å². The Morgan fingerprint density at radius 1 is 1.22 bits per heavy atom. The number of sulfonamides is 1. The van der Waals surface area contributed by atoms with Gasteiger partial charge in [-0.05, 0) is 49.6 Å². The molecule has 1 atom stereocenters. The van der Waals surface area contributed by atoms with Gasteiger partial charge in [0.2, 0.25) is 15.9 Å². The van der Waals surface area contributed by atoms with Gasteiger partial charge < -0.3 is 15.4 Å². The number of para-hydroxylation sites is 1. The number of benzene rings is 2. The Morgan fingerprint density at radius 3 is 2.62 bits per heavy atom. The fraction of sp³-hybridized carbons (Fsp3) is 0.364. The molecule has 0 unspecified atom stereocenters. The van der Waals surface area contributed by atoms with E-state index in [4.69, 9.17) is 16.3 Å². The van der Waals surface area contributed by atoms with Gasteiger partial charge in [-0.15, -0.1) is 0 Å². The summed E-state index contributed by atoms with van der Waals surface area (Å²) >= 11 is 6.13. The Hall–Kier alpha value is -2.62. The maximum absolute atomic E-state index is 12.7. The predicted octanol–water partition coefficient (Wildman–Crippen LogP) is 2.96. The lowest BCUT2D eigenvalue weighted by molar-refractivity contribution is -0.114. The van der Waals surface area contributed by atoms with Crippen LogP contribution in [0.4, 0.5) is 11.4 Å². The first-order valence-corrected chi connectivity index (χ1v) is 12.4. The number of nitrogens with zero attached hydrogens (tertiary/aromatic N) is 1. The van der Waals surface area contributed by atoms with E-state index in [1.807, 2.05) is 0 Å². The van der Waals surface area contributed by atoms with Crippen molar-refractivity contribution in [1.82, 2.24) is 5.32 Å². The quantitative estimate of drug-likeness (QED) is 0.605. The van der Waals surface area contributed by atoms with Crippen LogP contribution >= 0.6 is 11.6 Å². The number of carbonyl (C=O) groups is 2. The third-order valence-electron chi connectivity index (χ3n) is 5.09. The van der Waals surface area contributed by atoms with Gasteiger partial charge in [-0.25, -0.2) is 8.42 Å². The molecule has 3 rings (SSSR count). The van der Waals surface area contributed by atoms with E-state index in [2.05, 4.69) is 10.6 Å². The first-order valence-electron chi connectivity index (χ1n) is 10.2. The van der Waals surface area contributed by atoms with Gasteiger partial charge in [-0.1, -0.05) is 29.8 Å². The van der Waals surface area contributed by atoms with E-state index in [-0.39, 0.29) is 28.9 Å². The number of halogens is 1. The van der Waals surface area contributed by atoms with E-state index in [1.54, 1.807) is 43.3 Å². The zero-order valence-corrected chi connectivity index (χ0v) is 19.5. The molecule has 1 aliphatic heterocycles.